The van der Waals surface area contributed by atoms with E-state index in [1.165, 1.54) is 24.3 Å². The molecular formula is C16H13F3N4O2S. The predicted octanol–water partition coefficient (Wildman–Crippen LogP) is 3.01. The number of sulfone groups is 1. The van der Waals surface area contributed by atoms with Crippen LogP contribution < -0.4 is 5.73 Å². The summed E-state index contributed by atoms with van der Waals surface area (Å²) in [5.41, 5.74) is 5.74. The molecule has 0 atom stereocenters. The van der Waals surface area contributed by atoms with E-state index in [-0.39, 0.29) is 16.4 Å². The molecule has 1 aromatic heterocycles. The van der Waals surface area contributed by atoms with Gasteiger partial charge in [0.25, 0.3) is 0 Å². The maximum absolute atomic E-state index is 12.9. The van der Waals surface area contributed by atoms with E-state index in [2.05, 4.69) is 10.3 Å². The zero-order chi connectivity index (χ0) is 19.1. The molecule has 0 saturated heterocycles. The first-order valence-corrected chi connectivity index (χ1v) is 8.79. The number of rotatable bonds is 3. The van der Waals surface area contributed by atoms with Gasteiger partial charge in [-0.25, -0.2) is 8.42 Å². The van der Waals surface area contributed by atoms with Crippen molar-refractivity contribution in [3.63, 3.8) is 0 Å². The molecule has 0 spiro atoms. The second-order valence-electron chi connectivity index (χ2n) is 5.56. The molecule has 10 heteroatoms. The minimum absolute atomic E-state index is 0.0362. The molecule has 6 nitrogen and oxygen atoms in total. The van der Waals surface area contributed by atoms with Gasteiger partial charge in [0.15, 0.2) is 5.82 Å². The van der Waals surface area contributed by atoms with Crippen molar-refractivity contribution in [1.29, 1.82) is 0 Å². The maximum Gasteiger partial charge on any atom is 0.416 e. The summed E-state index contributed by atoms with van der Waals surface area (Å²) in [6.07, 6.45) is -4.55. The van der Waals surface area contributed by atoms with Gasteiger partial charge in [-0.2, -0.15) is 17.9 Å². The van der Waals surface area contributed by atoms with Gasteiger partial charge in [0.2, 0.25) is 14.9 Å². The molecule has 3 aromatic rings. The molecule has 1 heterocycles. The van der Waals surface area contributed by atoms with Crippen molar-refractivity contribution in [3.05, 3.63) is 59.7 Å². The zero-order valence-corrected chi connectivity index (χ0v) is 14.2. The van der Waals surface area contributed by atoms with Gasteiger partial charge < -0.3 is 5.73 Å². The summed E-state index contributed by atoms with van der Waals surface area (Å²) in [5, 5.41) is 6.67. The number of aryl methyl sites for hydroxylation is 1. The van der Waals surface area contributed by atoms with E-state index in [0.717, 1.165) is 22.4 Å². The van der Waals surface area contributed by atoms with Gasteiger partial charge in [-0.1, -0.05) is 29.0 Å². The third-order valence-corrected chi connectivity index (χ3v) is 5.37. The topological polar surface area (TPSA) is 90.9 Å². The van der Waals surface area contributed by atoms with Crippen LogP contribution in [0.1, 0.15) is 11.1 Å². The molecule has 0 aliphatic rings. The fourth-order valence-electron chi connectivity index (χ4n) is 2.30. The van der Waals surface area contributed by atoms with Crippen LogP contribution in [0, 0.1) is 6.92 Å². The normalized spacial score (nSPS) is 12.3. The first-order chi connectivity index (χ1) is 12.1. The SMILES string of the molecule is Cc1ccc(S(=O)(=O)c2nnn(-c3cccc(C(F)(F)F)c3)c2N)cc1. The lowest BCUT2D eigenvalue weighted by molar-refractivity contribution is -0.137. The number of anilines is 1. The van der Waals surface area contributed by atoms with Crippen molar-refractivity contribution >= 4 is 15.7 Å². The van der Waals surface area contributed by atoms with E-state index >= 15 is 0 Å². The molecule has 0 aliphatic heterocycles. The molecule has 2 N–H and O–H groups in total. The third kappa shape index (κ3) is 3.15. The summed E-state index contributed by atoms with van der Waals surface area (Å²) in [4.78, 5) is -0.0362. The summed E-state index contributed by atoms with van der Waals surface area (Å²) in [7, 11) is -4.05. The molecular weight excluding hydrogens is 369 g/mol. The van der Waals surface area contributed by atoms with E-state index in [4.69, 9.17) is 5.73 Å². The standard InChI is InChI=1S/C16H13F3N4O2S/c1-10-5-7-13(8-6-10)26(24,25)15-14(20)23(22-21-15)12-4-2-3-11(9-12)16(17,18)19/h2-9H,20H2,1H3. The number of hydrogen-bond acceptors (Lipinski definition) is 5. The molecule has 26 heavy (non-hydrogen) atoms. The van der Waals surface area contributed by atoms with Crippen LogP contribution >= 0.6 is 0 Å². The molecule has 0 saturated carbocycles. The predicted molar refractivity (Wildman–Crippen MR) is 87.4 cm³/mol. The highest BCUT2D eigenvalue weighted by atomic mass is 32.2. The number of alkyl halides is 3. The molecule has 0 bridgehead atoms. The Morgan fingerprint density at radius 3 is 2.35 bits per heavy atom. The number of nitrogens with zero attached hydrogens (tertiary/aromatic N) is 3. The average Bonchev–Trinajstić information content (AvgIpc) is 2.97. The van der Waals surface area contributed by atoms with E-state index in [1.54, 1.807) is 19.1 Å². The number of nitrogen functional groups attached to an aromatic ring is 1. The highest BCUT2D eigenvalue weighted by molar-refractivity contribution is 7.91. The summed E-state index contributed by atoms with van der Waals surface area (Å²) in [5.74, 6) is -0.370. The van der Waals surface area contributed by atoms with Crippen molar-refractivity contribution in [3.8, 4) is 5.69 Å². The number of hydrogen-bond donors (Lipinski definition) is 1. The van der Waals surface area contributed by atoms with Crippen molar-refractivity contribution in [2.75, 3.05) is 5.73 Å². The first kappa shape index (κ1) is 17.9. The zero-order valence-electron chi connectivity index (χ0n) is 13.4. The van der Waals surface area contributed by atoms with Gasteiger partial charge in [0, 0.05) is 0 Å². The molecule has 2 aromatic carbocycles. The fraction of sp³-hybridized carbons (Fsp3) is 0.125. The van der Waals surface area contributed by atoms with Gasteiger partial charge in [0.05, 0.1) is 16.1 Å². The Hall–Kier alpha value is -2.88. The summed E-state index contributed by atoms with van der Waals surface area (Å²) in [6.45, 7) is 1.80. The van der Waals surface area contributed by atoms with Gasteiger partial charge in [-0.3, -0.25) is 0 Å². The smallest absolute Gasteiger partial charge is 0.381 e. The quantitative estimate of drug-likeness (QED) is 0.752. The summed E-state index contributed by atoms with van der Waals surface area (Å²) < 4.78 is 64.8. The Morgan fingerprint density at radius 2 is 1.73 bits per heavy atom. The molecule has 0 amide bonds. The van der Waals surface area contributed by atoms with Gasteiger partial charge in [-0.15, -0.1) is 5.10 Å². The second-order valence-corrected chi connectivity index (χ2v) is 7.42. The van der Waals surface area contributed by atoms with Gasteiger partial charge in [0.1, 0.15) is 0 Å². The van der Waals surface area contributed by atoms with Crippen LogP contribution in [0.25, 0.3) is 5.69 Å². The second kappa shape index (κ2) is 6.13. The van der Waals surface area contributed by atoms with Crippen LogP contribution in [0.5, 0.6) is 0 Å². The monoisotopic (exact) mass is 382 g/mol. The lowest BCUT2D eigenvalue weighted by Crippen LogP contribution is -2.09. The van der Waals surface area contributed by atoms with Crippen molar-refractivity contribution in [2.45, 2.75) is 23.0 Å². The summed E-state index contributed by atoms with van der Waals surface area (Å²) >= 11 is 0. The van der Waals surface area contributed by atoms with Crippen LogP contribution in [0.2, 0.25) is 0 Å². The Morgan fingerprint density at radius 1 is 1.08 bits per heavy atom. The van der Waals surface area contributed by atoms with Crippen LogP contribution in [0.4, 0.5) is 19.0 Å². The molecule has 3 rings (SSSR count). The summed E-state index contributed by atoms with van der Waals surface area (Å²) in [6, 6.07) is 10.2. The highest BCUT2D eigenvalue weighted by Gasteiger charge is 2.31. The van der Waals surface area contributed by atoms with Crippen molar-refractivity contribution in [2.24, 2.45) is 0 Å². The maximum atomic E-state index is 12.9. The van der Waals surface area contributed by atoms with Crippen LogP contribution in [-0.4, -0.2) is 23.4 Å². The Kier molecular flexibility index (Phi) is 4.23. The van der Waals surface area contributed by atoms with Crippen LogP contribution in [0.3, 0.4) is 0 Å². The number of nitrogens with two attached hydrogens (primary N) is 1. The molecule has 0 aliphatic carbocycles. The first-order valence-electron chi connectivity index (χ1n) is 7.31. The Bertz CT molecular complexity index is 1060. The Balaban J connectivity index is 2.08. The van der Waals surface area contributed by atoms with Crippen LogP contribution in [0.15, 0.2) is 58.5 Å². The number of halogens is 3. The lowest BCUT2D eigenvalue weighted by Gasteiger charge is -2.09. The molecule has 0 fully saturated rings. The largest absolute Gasteiger partial charge is 0.416 e. The van der Waals surface area contributed by atoms with Crippen LogP contribution in [-0.2, 0) is 16.0 Å². The van der Waals surface area contributed by atoms with E-state index < -0.39 is 26.6 Å². The minimum atomic E-state index is -4.55. The fourth-order valence-corrected chi connectivity index (χ4v) is 3.52. The van der Waals surface area contributed by atoms with Crippen molar-refractivity contribution in [1.82, 2.24) is 15.0 Å². The molecule has 0 unspecified atom stereocenters. The van der Waals surface area contributed by atoms with Gasteiger partial charge in [-0.05, 0) is 37.3 Å². The van der Waals surface area contributed by atoms with E-state index in [0.29, 0.717) is 0 Å². The molecule has 0 radical (unpaired) electrons. The lowest BCUT2D eigenvalue weighted by atomic mass is 10.2. The van der Waals surface area contributed by atoms with E-state index in [9.17, 15) is 21.6 Å². The minimum Gasteiger partial charge on any atom is -0.381 e. The molecule has 136 valence electrons. The number of benzene rings is 2. The Labute approximate surface area is 147 Å². The van der Waals surface area contributed by atoms with E-state index in [1.807, 2.05) is 0 Å². The number of aromatic nitrogens is 3. The van der Waals surface area contributed by atoms with Gasteiger partial charge >= 0.3 is 6.18 Å². The highest BCUT2D eigenvalue weighted by Crippen LogP contribution is 2.31. The third-order valence-electron chi connectivity index (χ3n) is 3.68. The average molecular weight is 382 g/mol. The van der Waals surface area contributed by atoms with Crippen molar-refractivity contribution < 1.29 is 21.6 Å².